The highest BCUT2D eigenvalue weighted by atomic mass is 35.5. The smallest absolute Gasteiger partial charge is 0.254 e. The normalized spacial score (nSPS) is 20.5. The first kappa shape index (κ1) is 26.2. The number of anilines is 1. The molecule has 2 saturated heterocycles. The summed E-state index contributed by atoms with van der Waals surface area (Å²) >= 11 is 7.39. The van der Waals surface area contributed by atoms with E-state index in [1.165, 1.54) is 24.3 Å². The molecule has 12 heteroatoms. The number of nitrogens with zero attached hydrogens (tertiary/aromatic N) is 4. The molecule has 2 unspecified atom stereocenters. The van der Waals surface area contributed by atoms with Crippen LogP contribution in [-0.4, -0.2) is 76.6 Å². The molecule has 4 rings (SSSR count). The predicted octanol–water partition coefficient (Wildman–Crippen LogP) is 2.50. The van der Waals surface area contributed by atoms with Crippen molar-refractivity contribution in [2.24, 2.45) is 0 Å². The van der Waals surface area contributed by atoms with E-state index in [1.54, 1.807) is 11.0 Å². The Hall–Kier alpha value is -2.92. The number of carbonyl (C=O) groups excluding carboxylic acids is 3. The van der Waals surface area contributed by atoms with E-state index in [9.17, 15) is 18.8 Å². The van der Waals surface area contributed by atoms with Crippen LogP contribution in [-0.2, 0) is 9.59 Å². The third-order valence-electron chi connectivity index (χ3n) is 6.17. The minimum Gasteiger partial charge on any atom is -0.354 e. The zero-order chi connectivity index (χ0) is 25.7. The second kappa shape index (κ2) is 11.9. The zero-order valence-electron chi connectivity index (χ0n) is 19.9. The van der Waals surface area contributed by atoms with Crippen molar-refractivity contribution in [2.75, 3.05) is 36.8 Å². The van der Waals surface area contributed by atoms with Crippen LogP contribution in [0.25, 0.3) is 0 Å². The molecule has 0 spiro atoms. The Kier molecular flexibility index (Phi) is 8.63. The fourth-order valence-electron chi connectivity index (χ4n) is 4.28. The number of amides is 3. The van der Waals surface area contributed by atoms with Crippen molar-refractivity contribution < 1.29 is 18.8 Å². The molecule has 2 aromatic rings. The van der Waals surface area contributed by atoms with Crippen molar-refractivity contribution in [2.45, 2.75) is 43.4 Å². The summed E-state index contributed by atoms with van der Waals surface area (Å²) in [7, 11) is 0. The maximum absolute atomic E-state index is 13.2. The van der Waals surface area contributed by atoms with Gasteiger partial charge in [-0.1, -0.05) is 23.4 Å². The summed E-state index contributed by atoms with van der Waals surface area (Å²) in [4.78, 5) is 49.9. The van der Waals surface area contributed by atoms with Gasteiger partial charge in [-0.15, -0.1) is 0 Å². The zero-order valence-corrected chi connectivity index (χ0v) is 21.4. The van der Waals surface area contributed by atoms with Gasteiger partial charge in [-0.3, -0.25) is 14.4 Å². The van der Waals surface area contributed by atoms with Crippen LogP contribution in [0.15, 0.2) is 35.5 Å². The standard InChI is InChI=1S/C24H28ClFN6O3S/c1-15-13-31(10-11-32(15)23(35)16-5-7-17(26)8-6-16)20-12-19(25)29-24(30-20)36-14-21(33)28-18-4-2-3-9-27-22(18)34/h5-8,12,15,18H,2-4,9-11,13-14H2,1H3,(H,27,34)(H,28,33). The van der Waals surface area contributed by atoms with Crippen LogP contribution in [0, 0.1) is 5.82 Å². The highest BCUT2D eigenvalue weighted by Crippen LogP contribution is 2.25. The molecule has 9 nitrogen and oxygen atoms in total. The van der Waals surface area contributed by atoms with Crippen LogP contribution in [0.4, 0.5) is 10.2 Å². The number of halogens is 2. The molecule has 0 radical (unpaired) electrons. The first-order valence-electron chi connectivity index (χ1n) is 11.9. The van der Waals surface area contributed by atoms with Crippen molar-refractivity contribution in [3.05, 3.63) is 46.9 Å². The van der Waals surface area contributed by atoms with Crippen molar-refractivity contribution in [1.82, 2.24) is 25.5 Å². The van der Waals surface area contributed by atoms with Crippen LogP contribution in [0.5, 0.6) is 0 Å². The van der Waals surface area contributed by atoms with Crippen molar-refractivity contribution >= 4 is 46.9 Å². The molecule has 2 fully saturated rings. The SMILES string of the molecule is CC1CN(c2cc(Cl)nc(SCC(=O)NC3CCCCNC3=O)n2)CCN1C(=O)c1ccc(F)cc1. The van der Waals surface area contributed by atoms with E-state index in [0.29, 0.717) is 49.1 Å². The van der Waals surface area contributed by atoms with Crippen molar-refractivity contribution in [3.8, 4) is 0 Å². The molecule has 0 saturated carbocycles. The Bertz CT molecular complexity index is 1120. The number of hydrogen-bond donors (Lipinski definition) is 2. The maximum Gasteiger partial charge on any atom is 0.254 e. The third-order valence-corrected chi connectivity index (χ3v) is 7.21. The Balaban J connectivity index is 1.35. The van der Waals surface area contributed by atoms with E-state index in [0.717, 1.165) is 24.6 Å². The molecule has 2 aliphatic heterocycles. The molecule has 3 heterocycles. The average molecular weight is 535 g/mol. The second-order valence-electron chi connectivity index (χ2n) is 8.83. The highest BCUT2D eigenvalue weighted by Gasteiger charge is 2.29. The van der Waals surface area contributed by atoms with Crippen LogP contribution in [0.3, 0.4) is 0 Å². The predicted molar refractivity (Wildman–Crippen MR) is 136 cm³/mol. The number of benzene rings is 1. The maximum atomic E-state index is 13.2. The molecule has 0 aliphatic carbocycles. The Morgan fingerprint density at radius 2 is 2.00 bits per heavy atom. The number of rotatable bonds is 6. The van der Waals surface area contributed by atoms with Gasteiger partial charge in [-0.05, 0) is 50.5 Å². The van der Waals surface area contributed by atoms with E-state index in [4.69, 9.17) is 11.6 Å². The molecule has 0 bridgehead atoms. The lowest BCUT2D eigenvalue weighted by Gasteiger charge is -2.40. The lowest BCUT2D eigenvalue weighted by atomic mass is 10.1. The van der Waals surface area contributed by atoms with Gasteiger partial charge in [0.05, 0.1) is 5.75 Å². The molecular weight excluding hydrogens is 507 g/mol. The van der Waals surface area contributed by atoms with Gasteiger partial charge in [0.25, 0.3) is 5.91 Å². The van der Waals surface area contributed by atoms with Crippen LogP contribution >= 0.6 is 23.4 Å². The summed E-state index contributed by atoms with van der Waals surface area (Å²) in [6, 6.07) is 6.56. The molecule has 2 N–H and O–H groups in total. The molecular formula is C24H28ClFN6O3S. The molecule has 1 aromatic carbocycles. The summed E-state index contributed by atoms with van der Waals surface area (Å²) < 4.78 is 13.2. The monoisotopic (exact) mass is 534 g/mol. The number of nitrogens with one attached hydrogen (secondary N) is 2. The van der Waals surface area contributed by atoms with Gasteiger partial charge in [-0.25, -0.2) is 14.4 Å². The number of thioether (sulfide) groups is 1. The second-order valence-corrected chi connectivity index (χ2v) is 10.2. The molecule has 2 aliphatic rings. The fourth-order valence-corrected chi connectivity index (χ4v) is 5.17. The average Bonchev–Trinajstić information content (AvgIpc) is 3.06. The summed E-state index contributed by atoms with van der Waals surface area (Å²) in [5.74, 6) is -0.285. The minimum absolute atomic E-state index is 0.0555. The van der Waals surface area contributed by atoms with Crippen molar-refractivity contribution in [3.63, 3.8) is 0 Å². The number of hydrogen-bond acceptors (Lipinski definition) is 7. The van der Waals surface area contributed by atoms with Gasteiger partial charge >= 0.3 is 0 Å². The van der Waals surface area contributed by atoms with Gasteiger partial charge in [0.2, 0.25) is 11.8 Å². The van der Waals surface area contributed by atoms with Gasteiger partial charge in [0.1, 0.15) is 22.8 Å². The Morgan fingerprint density at radius 3 is 2.75 bits per heavy atom. The largest absolute Gasteiger partial charge is 0.354 e. The molecule has 192 valence electrons. The number of carbonyl (C=O) groups is 3. The summed E-state index contributed by atoms with van der Waals surface area (Å²) in [6.07, 6.45) is 2.39. The molecule has 1 aromatic heterocycles. The topological polar surface area (TPSA) is 108 Å². The first-order chi connectivity index (χ1) is 17.3. The lowest BCUT2D eigenvalue weighted by molar-refractivity contribution is -0.127. The summed E-state index contributed by atoms with van der Waals surface area (Å²) in [5, 5.41) is 6.19. The number of piperazine rings is 1. The van der Waals surface area contributed by atoms with Gasteiger partial charge < -0.3 is 20.4 Å². The van der Waals surface area contributed by atoms with Gasteiger partial charge in [-0.2, -0.15) is 0 Å². The van der Waals surface area contributed by atoms with E-state index in [-0.39, 0.29) is 40.5 Å². The molecule has 3 amide bonds. The summed E-state index contributed by atoms with van der Waals surface area (Å²) in [6.45, 7) is 4.10. The van der Waals surface area contributed by atoms with E-state index < -0.39 is 6.04 Å². The van der Waals surface area contributed by atoms with Gasteiger partial charge in [0, 0.05) is 43.9 Å². The van der Waals surface area contributed by atoms with Crippen LogP contribution in [0.1, 0.15) is 36.5 Å². The molecule has 36 heavy (non-hydrogen) atoms. The van der Waals surface area contributed by atoms with E-state index in [1.807, 2.05) is 11.8 Å². The van der Waals surface area contributed by atoms with E-state index in [2.05, 4.69) is 20.6 Å². The van der Waals surface area contributed by atoms with Crippen molar-refractivity contribution in [1.29, 1.82) is 0 Å². The minimum atomic E-state index is -0.521. The van der Waals surface area contributed by atoms with Crippen LogP contribution < -0.4 is 15.5 Å². The first-order valence-corrected chi connectivity index (χ1v) is 13.2. The summed E-state index contributed by atoms with van der Waals surface area (Å²) in [5.41, 5.74) is 0.445. The van der Waals surface area contributed by atoms with Crippen LogP contribution in [0.2, 0.25) is 5.15 Å². The third kappa shape index (κ3) is 6.64. The quantitative estimate of drug-likeness (QED) is 0.333. The Morgan fingerprint density at radius 1 is 1.22 bits per heavy atom. The fraction of sp³-hybridized carbons (Fsp3) is 0.458. The van der Waals surface area contributed by atoms with Gasteiger partial charge in [0.15, 0.2) is 5.16 Å². The Labute approximate surface area is 218 Å². The number of aromatic nitrogens is 2. The highest BCUT2D eigenvalue weighted by molar-refractivity contribution is 7.99. The molecule has 2 atom stereocenters. The lowest BCUT2D eigenvalue weighted by Crippen LogP contribution is -2.54. The van der Waals surface area contributed by atoms with E-state index >= 15 is 0 Å².